The molecule has 3 N–H and O–H groups in total. The molecule has 1 aromatic carbocycles. The van der Waals surface area contributed by atoms with Gasteiger partial charge in [-0.1, -0.05) is 0 Å². The molecule has 158 valence electrons. The van der Waals surface area contributed by atoms with Gasteiger partial charge in [0, 0.05) is 18.8 Å². The minimum absolute atomic E-state index is 0.0233. The van der Waals surface area contributed by atoms with Crippen LogP contribution in [0.3, 0.4) is 0 Å². The third-order valence-electron chi connectivity index (χ3n) is 3.52. The van der Waals surface area contributed by atoms with Crippen molar-refractivity contribution < 1.29 is 31.4 Å². The van der Waals surface area contributed by atoms with E-state index in [4.69, 9.17) is 5.11 Å². The summed E-state index contributed by atoms with van der Waals surface area (Å²) in [7, 11) is 0. The highest BCUT2D eigenvalue weighted by Gasteiger charge is 2.41. The number of hydrogen-bond acceptors (Lipinski definition) is 3. The molecule has 1 heterocycles. The van der Waals surface area contributed by atoms with Gasteiger partial charge in [-0.3, -0.25) is 0 Å². The zero-order chi connectivity index (χ0) is 22.5. The normalized spacial score (nSPS) is 14.2. The van der Waals surface area contributed by atoms with E-state index < -0.39 is 23.8 Å². The Hall–Kier alpha value is -2.76. The predicted octanol–water partition coefficient (Wildman–Crippen LogP) is 5.51. The molecule has 1 saturated heterocycles. The summed E-state index contributed by atoms with van der Waals surface area (Å²) in [5.74, 6) is -1.65. The SMILES string of the molecule is C#C.C=C.C=C(N)O.FC(F)(F)c1ccc(N2CCC(C(F)(F)F)CC2)cc1. The number of piperidine rings is 1. The fourth-order valence-electron chi connectivity index (χ4n) is 2.33. The number of rotatable bonds is 1. The second kappa shape index (κ2) is 12.6. The van der Waals surface area contributed by atoms with Gasteiger partial charge in [-0.25, -0.2) is 0 Å². The first-order valence-electron chi connectivity index (χ1n) is 7.87. The van der Waals surface area contributed by atoms with Crippen molar-refractivity contribution in [3.05, 3.63) is 55.4 Å². The Morgan fingerprint density at radius 1 is 1.00 bits per heavy atom. The first-order valence-corrected chi connectivity index (χ1v) is 7.87. The monoisotopic (exact) mass is 410 g/mol. The van der Waals surface area contributed by atoms with Gasteiger partial charge in [0.2, 0.25) is 0 Å². The van der Waals surface area contributed by atoms with Crippen molar-refractivity contribution in [2.45, 2.75) is 25.2 Å². The van der Waals surface area contributed by atoms with E-state index in [-0.39, 0.29) is 31.8 Å². The van der Waals surface area contributed by atoms with Crippen LogP contribution in [0.15, 0.2) is 49.9 Å². The Morgan fingerprint density at radius 3 is 1.64 bits per heavy atom. The molecular weight excluding hydrogens is 386 g/mol. The number of aliphatic hydroxyl groups excluding tert-OH is 1. The van der Waals surface area contributed by atoms with Crippen LogP contribution in [0.4, 0.5) is 32.0 Å². The molecule has 0 radical (unpaired) electrons. The van der Waals surface area contributed by atoms with Gasteiger partial charge in [-0.2, -0.15) is 26.3 Å². The Kier molecular flexibility index (Phi) is 12.4. The molecule has 0 spiro atoms. The lowest BCUT2D eigenvalue weighted by molar-refractivity contribution is -0.179. The van der Waals surface area contributed by atoms with Crippen molar-refractivity contribution in [3.63, 3.8) is 0 Å². The van der Waals surface area contributed by atoms with E-state index in [1.807, 2.05) is 0 Å². The van der Waals surface area contributed by atoms with Crippen LogP contribution in [0.5, 0.6) is 0 Å². The maximum atomic E-state index is 12.5. The second-order valence-corrected chi connectivity index (χ2v) is 5.34. The van der Waals surface area contributed by atoms with Crippen molar-refractivity contribution in [1.29, 1.82) is 0 Å². The number of hydrogen-bond donors (Lipinski definition) is 2. The molecule has 0 bridgehead atoms. The van der Waals surface area contributed by atoms with Gasteiger partial charge >= 0.3 is 12.4 Å². The lowest BCUT2D eigenvalue weighted by Gasteiger charge is -2.34. The maximum absolute atomic E-state index is 12.5. The van der Waals surface area contributed by atoms with Crippen molar-refractivity contribution in [2.75, 3.05) is 18.0 Å². The van der Waals surface area contributed by atoms with Gasteiger partial charge < -0.3 is 15.7 Å². The molecular formula is C19H24F6N2O. The molecule has 0 saturated carbocycles. The Morgan fingerprint density at radius 2 is 1.36 bits per heavy atom. The molecule has 0 amide bonds. The second-order valence-electron chi connectivity index (χ2n) is 5.34. The molecule has 0 atom stereocenters. The molecule has 3 nitrogen and oxygen atoms in total. The Bertz CT molecular complexity index is 581. The maximum Gasteiger partial charge on any atom is 0.416 e. The number of nitrogens with zero attached hydrogens (tertiary/aromatic N) is 1. The first kappa shape index (κ1) is 27.5. The number of terminal acetylenes is 1. The molecule has 0 aromatic heterocycles. The van der Waals surface area contributed by atoms with E-state index in [2.05, 4.69) is 38.3 Å². The number of aliphatic hydroxyl groups is 1. The van der Waals surface area contributed by atoms with E-state index in [9.17, 15) is 26.3 Å². The van der Waals surface area contributed by atoms with Crippen molar-refractivity contribution >= 4 is 5.69 Å². The van der Waals surface area contributed by atoms with Gasteiger partial charge in [-0.05, 0) is 43.7 Å². The zero-order valence-electron chi connectivity index (χ0n) is 15.2. The average Bonchev–Trinajstić information content (AvgIpc) is 2.63. The molecule has 1 fully saturated rings. The van der Waals surface area contributed by atoms with Gasteiger partial charge in [0.25, 0.3) is 0 Å². The summed E-state index contributed by atoms with van der Waals surface area (Å²) in [5.41, 5.74) is 4.24. The standard InChI is InChI=1S/C13H13F6N.C2H5NO.C2H4.C2H2/c14-12(15,16)9-1-3-11(4-2-9)20-7-5-10(6-8-20)13(17,18)19;1-2(3)4;2*1-2/h1-4,10H,5-8H2;4H,1,3H2;1-2H2;1-2H. The van der Waals surface area contributed by atoms with Gasteiger partial charge in [-0.15, -0.1) is 26.0 Å². The zero-order valence-corrected chi connectivity index (χ0v) is 15.2. The molecule has 1 aliphatic heterocycles. The molecule has 1 aromatic rings. The van der Waals surface area contributed by atoms with E-state index >= 15 is 0 Å². The summed E-state index contributed by atoms with van der Waals surface area (Å²) in [6.07, 6.45) is -0.636. The smallest absolute Gasteiger partial charge is 0.416 e. The molecule has 28 heavy (non-hydrogen) atoms. The molecule has 2 rings (SSSR count). The highest BCUT2D eigenvalue weighted by Crippen LogP contribution is 2.36. The van der Waals surface area contributed by atoms with E-state index in [0.717, 1.165) is 12.1 Å². The van der Waals surface area contributed by atoms with E-state index in [0.29, 0.717) is 5.69 Å². The predicted molar refractivity (Wildman–Crippen MR) is 99.5 cm³/mol. The number of benzene rings is 1. The van der Waals surface area contributed by atoms with E-state index in [1.54, 1.807) is 4.90 Å². The van der Waals surface area contributed by atoms with Crippen LogP contribution in [0.25, 0.3) is 0 Å². The number of anilines is 1. The summed E-state index contributed by atoms with van der Waals surface area (Å²) in [6.45, 7) is 9.30. The Balaban J connectivity index is 0. The lowest BCUT2D eigenvalue weighted by Crippen LogP contribution is -2.39. The number of halogens is 6. The van der Waals surface area contributed by atoms with Crippen LogP contribution < -0.4 is 10.6 Å². The molecule has 0 aliphatic carbocycles. The van der Waals surface area contributed by atoms with Crippen LogP contribution >= 0.6 is 0 Å². The highest BCUT2D eigenvalue weighted by atomic mass is 19.4. The minimum Gasteiger partial charge on any atom is -0.495 e. The quantitative estimate of drug-likeness (QED) is 0.278. The fraction of sp³-hybridized carbons (Fsp3) is 0.368. The van der Waals surface area contributed by atoms with Gasteiger partial charge in [0.15, 0.2) is 5.88 Å². The average molecular weight is 410 g/mol. The van der Waals surface area contributed by atoms with Crippen LogP contribution in [-0.4, -0.2) is 24.4 Å². The van der Waals surface area contributed by atoms with Crippen LogP contribution in [0, 0.1) is 18.8 Å². The summed E-state index contributed by atoms with van der Waals surface area (Å²) >= 11 is 0. The summed E-state index contributed by atoms with van der Waals surface area (Å²) in [6, 6.07) is 4.50. The first-order chi connectivity index (χ1) is 12.9. The van der Waals surface area contributed by atoms with E-state index in [1.165, 1.54) is 12.1 Å². The summed E-state index contributed by atoms with van der Waals surface area (Å²) in [5, 5.41) is 7.64. The third-order valence-corrected chi connectivity index (χ3v) is 3.52. The van der Waals surface area contributed by atoms with Crippen LogP contribution in [0.1, 0.15) is 18.4 Å². The van der Waals surface area contributed by atoms with Crippen molar-refractivity contribution in [2.24, 2.45) is 11.7 Å². The third kappa shape index (κ3) is 10.4. The Labute approximate surface area is 161 Å². The minimum atomic E-state index is -4.40. The topological polar surface area (TPSA) is 49.5 Å². The van der Waals surface area contributed by atoms with Crippen LogP contribution in [-0.2, 0) is 6.18 Å². The molecule has 1 aliphatic rings. The molecule has 9 heteroatoms. The summed E-state index contributed by atoms with van der Waals surface area (Å²) in [4.78, 5) is 1.68. The summed E-state index contributed by atoms with van der Waals surface area (Å²) < 4.78 is 74.8. The van der Waals surface area contributed by atoms with Crippen LogP contribution in [0.2, 0.25) is 0 Å². The number of nitrogens with two attached hydrogens (primary N) is 1. The number of alkyl halides is 6. The lowest BCUT2D eigenvalue weighted by atomic mass is 9.96. The van der Waals surface area contributed by atoms with Gasteiger partial charge in [0.1, 0.15) is 0 Å². The van der Waals surface area contributed by atoms with Crippen molar-refractivity contribution in [1.82, 2.24) is 0 Å². The fourth-order valence-corrected chi connectivity index (χ4v) is 2.33. The molecule has 0 unspecified atom stereocenters. The largest absolute Gasteiger partial charge is 0.495 e. The highest BCUT2D eigenvalue weighted by molar-refractivity contribution is 5.48. The van der Waals surface area contributed by atoms with Crippen molar-refractivity contribution in [3.8, 4) is 12.8 Å². The van der Waals surface area contributed by atoms with Gasteiger partial charge in [0.05, 0.1) is 11.5 Å².